The van der Waals surface area contributed by atoms with E-state index in [1.54, 1.807) is 35.7 Å². The van der Waals surface area contributed by atoms with Crippen molar-refractivity contribution in [3.05, 3.63) is 45.7 Å². The Labute approximate surface area is 316 Å². The molecular weight excluding hydrogens is 701 g/mol. The molecule has 3 N–H and O–H groups in total. The molecule has 292 valence electrons. The van der Waals surface area contributed by atoms with Crippen LogP contribution in [0.15, 0.2) is 23.7 Å². The highest BCUT2D eigenvalue weighted by Crippen LogP contribution is 2.33. The second kappa shape index (κ2) is 19.4. The Balaban J connectivity index is 1.56. The molecule has 15 heteroatoms. The lowest BCUT2D eigenvalue weighted by molar-refractivity contribution is -0.150. The van der Waals surface area contributed by atoms with Crippen molar-refractivity contribution in [1.82, 2.24) is 30.4 Å². The molecule has 2 aromatic heterocycles. The van der Waals surface area contributed by atoms with Gasteiger partial charge in [0, 0.05) is 62.8 Å². The average Bonchev–Trinajstić information content (AvgIpc) is 3.63. The molecule has 0 bridgehead atoms. The fraction of sp³-hybridized carbons (Fsp3) is 0.658. The minimum Gasteiger partial charge on any atom is -0.481 e. The quantitative estimate of drug-likeness (QED) is 0.199. The lowest BCUT2D eigenvalue weighted by Crippen LogP contribution is -2.59. The number of hydrogen-bond donors (Lipinski definition) is 3. The fourth-order valence-electron chi connectivity index (χ4n) is 7.33. The van der Waals surface area contributed by atoms with Crippen molar-refractivity contribution < 1.29 is 38.6 Å². The van der Waals surface area contributed by atoms with E-state index in [0.717, 1.165) is 25.8 Å². The Morgan fingerprint density at radius 1 is 1.17 bits per heavy atom. The second-order valence-corrected chi connectivity index (χ2v) is 15.5. The maximum Gasteiger partial charge on any atom is 0.311 e. The molecule has 4 rings (SSSR count). The molecule has 7 atom stereocenters. The van der Waals surface area contributed by atoms with Crippen molar-refractivity contribution >= 4 is 41.0 Å². The highest BCUT2D eigenvalue weighted by molar-refractivity contribution is 7.09. The number of aliphatic carboxylic acids is 1. The topological polar surface area (TPSA) is 180 Å². The predicted octanol–water partition coefficient (Wildman–Crippen LogP) is 3.96. The van der Waals surface area contributed by atoms with Gasteiger partial charge in [-0.2, -0.15) is 0 Å². The maximum absolute atomic E-state index is 14.6. The summed E-state index contributed by atoms with van der Waals surface area (Å²) in [6.07, 6.45) is 4.91. The van der Waals surface area contributed by atoms with Crippen LogP contribution in [-0.4, -0.2) is 113 Å². The zero-order chi connectivity index (χ0) is 38.8. The van der Waals surface area contributed by atoms with Gasteiger partial charge in [-0.05, 0) is 56.3 Å². The van der Waals surface area contributed by atoms with Crippen molar-refractivity contribution in [1.29, 1.82) is 0 Å². The molecule has 0 saturated carbocycles. The number of esters is 1. The predicted molar refractivity (Wildman–Crippen MR) is 199 cm³/mol. The molecule has 2 aromatic rings. The van der Waals surface area contributed by atoms with Gasteiger partial charge in [-0.1, -0.05) is 46.6 Å². The number of likely N-dealkylation sites (N-methyl/N-ethyl adjacent to an activating group) is 1. The number of piperidine rings is 1. The lowest BCUT2D eigenvalue weighted by Gasteiger charge is -2.40. The highest BCUT2D eigenvalue weighted by Gasteiger charge is 2.39. The SMILES string of the molecule is CCC(C)C(NC(=O)C1CCCCN1C)C(=O)N(CCOC)[C@H](C[C@@H](OC(C)=O)c1nc(C(=O)N[C@H]2Cc3ncccc3[C@H](C(=O)O)C2)cs1)C(C)C. The van der Waals surface area contributed by atoms with Crippen LogP contribution < -0.4 is 10.6 Å². The second-order valence-electron chi connectivity index (χ2n) is 14.6. The van der Waals surface area contributed by atoms with Gasteiger partial charge in [0.15, 0.2) is 6.10 Å². The lowest BCUT2D eigenvalue weighted by atomic mass is 9.82. The average molecular weight is 757 g/mol. The molecule has 53 heavy (non-hydrogen) atoms. The third-order valence-electron chi connectivity index (χ3n) is 10.5. The third kappa shape index (κ3) is 10.8. The van der Waals surface area contributed by atoms with Crippen LogP contribution >= 0.6 is 11.3 Å². The van der Waals surface area contributed by atoms with E-state index in [4.69, 9.17) is 9.47 Å². The van der Waals surface area contributed by atoms with Crippen LogP contribution in [0, 0.1) is 11.8 Å². The molecule has 14 nitrogen and oxygen atoms in total. The van der Waals surface area contributed by atoms with Crippen molar-refractivity contribution in [2.75, 3.05) is 33.9 Å². The number of carbonyl (C=O) groups is 5. The normalized spacial score (nSPS) is 21.1. The molecule has 1 fully saturated rings. The van der Waals surface area contributed by atoms with Crippen molar-refractivity contribution in [3.63, 3.8) is 0 Å². The minimum atomic E-state index is -0.981. The first-order chi connectivity index (χ1) is 25.2. The van der Waals surface area contributed by atoms with E-state index in [2.05, 4.69) is 20.6 Å². The number of carbonyl (C=O) groups excluding carboxylic acids is 4. The number of carboxylic acid groups (broad SMARTS) is 1. The first-order valence-electron chi connectivity index (χ1n) is 18.7. The number of hydrogen-bond acceptors (Lipinski definition) is 11. The number of aromatic nitrogens is 2. The number of fused-ring (bicyclic) bond motifs is 1. The molecule has 1 aliphatic heterocycles. The molecule has 0 radical (unpaired) electrons. The number of rotatable bonds is 17. The summed E-state index contributed by atoms with van der Waals surface area (Å²) in [4.78, 5) is 78.8. The van der Waals surface area contributed by atoms with E-state index in [1.807, 2.05) is 39.6 Å². The molecule has 0 spiro atoms. The van der Waals surface area contributed by atoms with Crippen LogP contribution in [0.4, 0.5) is 0 Å². The maximum atomic E-state index is 14.6. The number of ether oxygens (including phenoxy) is 2. The van der Waals surface area contributed by atoms with Gasteiger partial charge in [-0.25, -0.2) is 4.98 Å². The molecule has 3 amide bonds. The third-order valence-corrected chi connectivity index (χ3v) is 11.5. The van der Waals surface area contributed by atoms with Crippen LogP contribution in [0.25, 0.3) is 0 Å². The molecule has 1 saturated heterocycles. The van der Waals surface area contributed by atoms with Crippen molar-refractivity contribution in [3.8, 4) is 0 Å². The summed E-state index contributed by atoms with van der Waals surface area (Å²) in [6, 6.07) is 1.47. The van der Waals surface area contributed by atoms with Gasteiger partial charge in [0.1, 0.15) is 16.7 Å². The summed E-state index contributed by atoms with van der Waals surface area (Å²) in [6.45, 7) is 10.6. The monoisotopic (exact) mass is 756 g/mol. The summed E-state index contributed by atoms with van der Waals surface area (Å²) >= 11 is 1.17. The van der Waals surface area contributed by atoms with Gasteiger partial charge >= 0.3 is 11.9 Å². The zero-order valence-corrected chi connectivity index (χ0v) is 32.8. The number of pyridine rings is 1. The molecule has 3 unspecified atom stereocenters. The Bertz CT molecular complexity index is 1580. The van der Waals surface area contributed by atoms with Gasteiger partial charge in [-0.15, -0.1) is 11.3 Å². The summed E-state index contributed by atoms with van der Waals surface area (Å²) in [7, 11) is 3.50. The van der Waals surface area contributed by atoms with Gasteiger partial charge in [0.05, 0.1) is 18.6 Å². The standard InChI is InChI=1S/C38H56N6O8S/c1-8-23(4)33(42-35(47)30-13-9-10-15-43(30)6)37(48)44(16-17-51-7)31(22(2)3)20-32(52-24(5)45)36-41-29(21-53-36)34(46)40-25-18-27(38(49)50)26-12-11-14-39-28(26)19-25/h11-12,14,21-23,25,27,30-33H,8-10,13,15-20H2,1-7H3,(H,40,46)(H,42,47)(H,49,50)/t23?,25-,27-,30?,31-,32-,33?/m1/s1. The minimum absolute atomic E-state index is 0.0978. The van der Waals surface area contributed by atoms with Crippen LogP contribution in [-0.2, 0) is 35.1 Å². The largest absolute Gasteiger partial charge is 0.481 e. The number of methoxy groups -OCH3 is 1. The first kappa shape index (κ1) is 41.8. The van der Waals surface area contributed by atoms with Crippen LogP contribution in [0.3, 0.4) is 0 Å². The summed E-state index contributed by atoms with van der Waals surface area (Å²) in [5.41, 5.74) is 1.40. The van der Waals surface area contributed by atoms with Gasteiger partial charge in [0.2, 0.25) is 11.8 Å². The smallest absolute Gasteiger partial charge is 0.311 e. The number of nitrogens with one attached hydrogen (secondary N) is 2. The Kier molecular flexibility index (Phi) is 15.3. The van der Waals surface area contributed by atoms with E-state index in [0.29, 0.717) is 29.1 Å². The number of amides is 3. The van der Waals surface area contributed by atoms with Gasteiger partial charge in [-0.3, -0.25) is 33.9 Å². The fourth-order valence-corrected chi connectivity index (χ4v) is 8.17. The zero-order valence-electron chi connectivity index (χ0n) is 32.0. The molecule has 0 aromatic carbocycles. The molecule has 3 heterocycles. The van der Waals surface area contributed by atoms with E-state index in [-0.39, 0.29) is 61.4 Å². The van der Waals surface area contributed by atoms with E-state index < -0.39 is 48.0 Å². The van der Waals surface area contributed by atoms with Gasteiger partial charge in [0.25, 0.3) is 5.91 Å². The van der Waals surface area contributed by atoms with Crippen molar-refractivity contribution in [2.45, 2.75) is 116 Å². The number of thiazole rings is 1. The Morgan fingerprint density at radius 2 is 1.92 bits per heavy atom. The first-order valence-corrected chi connectivity index (χ1v) is 19.5. The van der Waals surface area contributed by atoms with Crippen LogP contribution in [0.1, 0.15) is 112 Å². The van der Waals surface area contributed by atoms with E-state index in [9.17, 15) is 29.1 Å². The summed E-state index contributed by atoms with van der Waals surface area (Å²) in [5.74, 6) is -3.43. The number of carboxylic acids is 1. The molecule has 2 aliphatic rings. The van der Waals surface area contributed by atoms with Crippen LogP contribution in [0.2, 0.25) is 0 Å². The highest BCUT2D eigenvalue weighted by atomic mass is 32.1. The summed E-state index contributed by atoms with van der Waals surface area (Å²) in [5, 5.41) is 17.9. The molecular formula is C38H56N6O8S. The number of likely N-dealkylation sites (tertiary alicyclic amines) is 1. The summed E-state index contributed by atoms with van der Waals surface area (Å²) < 4.78 is 11.2. The Morgan fingerprint density at radius 3 is 2.57 bits per heavy atom. The van der Waals surface area contributed by atoms with Gasteiger partial charge < -0.3 is 30.1 Å². The van der Waals surface area contributed by atoms with Crippen LogP contribution in [0.5, 0.6) is 0 Å². The van der Waals surface area contributed by atoms with E-state index >= 15 is 0 Å². The van der Waals surface area contributed by atoms with E-state index in [1.165, 1.54) is 18.3 Å². The Hall–Kier alpha value is -3.95. The van der Waals surface area contributed by atoms with Crippen molar-refractivity contribution in [2.24, 2.45) is 11.8 Å². The number of nitrogens with zero attached hydrogens (tertiary/aromatic N) is 4. The molecule has 1 aliphatic carbocycles.